The van der Waals surface area contributed by atoms with Crippen LogP contribution in [0.5, 0.6) is 0 Å². The standard InChI is InChI=1S/C23H38N4O2.HI/c1-18-8-10-19(11-9-18)22-20(6-5-14-29-22)16-25-23(24-2)26-17-21-7-4-12-27(21)13-15-28-3;/h8-11,20-22H,4-7,12-17H2,1-3H3,(H2,24,25,26);1H. The van der Waals surface area contributed by atoms with E-state index in [0.29, 0.717) is 12.0 Å². The van der Waals surface area contributed by atoms with Gasteiger partial charge >= 0.3 is 0 Å². The maximum Gasteiger partial charge on any atom is 0.191 e. The first-order chi connectivity index (χ1) is 14.2. The Labute approximate surface area is 199 Å². The van der Waals surface area contributed by atoms with Gasteiger partial charge in [-0.05, 0) is 44.7 Å². The van der Waals surface area contributed by atoms with E-state index in [1.54, 1.807) is 7.11 Å². The second-order valence-corrected chi connectivity index (χ2v) is 8.26. The van der Waals surface area contributed by atoms with Gasteiger partial charge in [0.1, 0.15) is 0 Å². The van der Waals surface area contributed by atoms with Gasteiger partial charge in [0, 0.05) is 52.4 Å². The van der Waals surface area contributed by atoms with Crippen molar-refractivity contribution in [1.29, 1.82) is 0 Å². The third-order valence-corrected chi connectivity index (χ3v) is 6.19. The molecule has 0 radical (unpaired) electrons. The summed E-state index contributed by atoms with van der Waals surface area (Å²) >= 11 is 0. The van der Waals surface area contributed by atoms with Crippen LogP contribution >= 0.6 is 24.0 Å². The molecule has 2 aliphatic heterocycles. The van der Waals surface area contributed by atoms with Crippen molar-refractivity contribution in [2.24, 2.45) is 10.9 Å². The van der Waals surface area contributed by atoms with Crippen LogP contribution in [0.15, 0.2) is 29.3 Å². The van der Waals surface area contributed by atoms with Gasteiger partial charge in [-0.2, -0.15) is 0 Å². The van der Waals surface area contributed by atoms with E-state index in [4.69, 9.17) is 9.47 Å². The second-order valence-electron chi connectivity index (χ2n) is 8.26. The molecule has 2 aliphatic rings. The number of likely N-dealkylation sites (tertiary alicyclic amines) is 1. The van der Waals surface area contributed by atoms with Crippen LogP contribution in [0.25, 0.3) is 0 Å². The Morgan fingerprint density at radius 3 is 2.67 bits per heavy atom. The summed E-state index contributed by atoms with van der Waals surface area (Å²) in [4.78, 5) is 6.96. The molecule has 7 heteroatoms. The van der Waals surface area contributed by atoms with E-state index in [-0.39, 0.29) is 30.1 Å². The highest BCUT2D eigenvalue weighted by atomic mass is 127. The molecule has 2 saturated heterocycles. The number of aliphatic imine (C=N–C) groups is 1. The average Bonchev–Trinajstić information content (AvgIpc) is 3.20. The zero-order chi connectivity index (χ0) is 20.5. The average molecular weight is 530 g/mol. The number of ether oxygens (including phenoxy) is 2. The fourth-order valence-corrected chi connectivity index (χ4v) is 4.47. The number of guanidine groups is 1. The van der Waals surface area contributed by atoms with Crippen molar-refractivity contribution < 1.29 is 9.47 Å². The SMILES string of the molecule is CN=C(NCC1CCCOC1c1ccc(C)cc1)NCC1CCCN1CCOC.I. The highest BCUT2D eigenvalue weighted by Gasteiger charge is 2.28. The largest absolute Gasteiger partial charge is 0.383 e. The Hall–Kier alpha value is -0.900. The van der Waals surface area contributed by atoms with Crippen LogP contribution in [0.2, 0.25) is 0 Å². The number of rotatable bonds is 8. The number of aryl methyl sites for hydroxylation is 1. The monoisotopic (exact) mass is 530 g/mol. The quantitative estimate of drug-likeness (QED) is 0.307. The van der Waals surface area contributed by atoms with E-state index in [1.807, 2.05) is 7.05 Å². The lowest BCUT2D eigenvalue weighted by atomic mass is 9.89. The highest BCUT2D eigenvalue weighted by molar-refractivity contribution is 14.0. The Morgan fingerprint density at radius 2 is 1.93 bits per heavy atom. The maximum atomic E-state index is 6.16. The normalized spacial score (nSPS) is 25.0. The lowest BCUT2D eigenvalue weighted by molar-refractivity contribution is -0.0265. The molecule has 2 fully saturated rings. The highest BCUT2D eigenvalue weighted by Crippen LogP contribution is 2.33. The minimum absolute atomic E-state index is 0. The summed E-state index contributed by atoms with van der Waals surface area (Å²) in [6.07, 6.45) is 4.96. The van der Waals surface area contributed by atoms with E-state index in [1.165, 1.54) is 36.9 Å². The fraction of sp³-hybridized carbons (Fsp3) is 0.696. The van der Waals surface area contributed by atoms with Crippen LogP contribution in [0.3, 0.4) is 0 Å². The molecule has 1 aromatic carbocycles. The first kappa shape index (κ1) is 25.4. The Bertz CT molecular complexity index is 641. The van der Waals surface area contributed by atoms with Crippen molar-refractivity contribution in [3.63, 3.8) is 0 Å². The first-order valence-electron chi connectivity index (χ1n) is 11.1. The molecule has 1 aromatic rings. The summed E-state index contributed by atoms with van der Waals surface area (Å²) in [6.45, 7) is 7.74. The van der Waals surface area contributed by atoms with Crippen molar-refractivity contribution in [1.82, 2.24) is 15.5 Å². The van der Waals surface area contributed by atoms with Gasteiger partial charge in [-0.25, -0.2) is 0 Å². The van der Waals surface area contributed by atoms with Crippen LogP contribution < -0.4 is 10.6 Å². The van der Waals surface area contributed by atoms with Gasteiger partial charge in [0.15, 0.2) is 5.96 Å². The first-order valence-corrected chi connectivity index (χ1v) is 11.1. The molecule has 3 rings (SSSR count). The molecule has 0 bridgehead atoms. The van der Waals surface area contributed by atoms with E-state index < -0.39 is 0 Å². The molecule has 170 valence electrons. The van der Waals surface area contributed by atoms with Crippen LogP contribution in [0.4, 0.5) is 0 Å². The predicted octanol–water partition coefficient (Wildman–Crippen LogP) is 3.36. The van der Waals surface area contributed by atoms with Crippen molar-refractivity contribution in [3.05, 3.63) is 35.4 Å². The van der Waals surface area contributed by atoms with Crippen molar-refractivity contribution >= 4 is 29.9 Å². The van der Waals surface area contributed by atoms with Crippen molar-refractivity contribution in [3.8, 4) is 0 Å². The van der Waals surface area contributed by atoms with Crippen LogP contribution in [-0.2, 0) is 9.47 Å². The lowest BCUT2D eigenvalue weighted by Gasteiger charge is -2.33. The molecule has 6 nitrogen and oxygen atoms in total. The van der Waals surface area contributed by atoms with Gasteiger partial charge in [0.25, 0.3) is 0 Å². The van der Waals surface area contributed by atoms with Crippen LogP contribution in [-0.4, -0.2) is 70.5 Å². The number of nitrogens with zero attached hydrogens (tertiary/aromatic N) is 2. The summed E-state index contributed by atoms with van der Waals surface area (Å²) < 4.78 is 11.4. The van der Waals surface area contributed by atoms with Gasteiger partial charge in [0.05, 0.1) is 12.7 Å². The number of halogens is 1. The number of nitrogens with one attached hydrogen (secondary N) is 2. The van der Waals surface area contributed by atoms with E-state index in [9.17, 15) is 0 Å². The molecule has 0 spiro atoms. The minimum Gasteiger partial charge on any atom is -0.383 e. The molecular formula is C23H39IN4O2. The summed E-state index contributed by atoms with van der Waals surface area (Å²) in [7, 11) is 3.62. The molecule has 0 aromatic heterocycles. The van der Waals surface area contributed by atoms with Gasteiger partial charge in [-0.15, -0.1) is 24.0 Å². The van der Waals surface area contributed by atoms with E-state index in [0.717, 1.165) is 45.2 Å². The van der Waals surface area contributed by atoms with Crippen LogP contribution in [0.1, 0.15) is 42.9 Å². The molecular weight excluding hydrogens is 491 g/mol. The lowest BCUT2D eigenvalue weighted by Crippen LogP contribution is -2.47. The number of hydrogen-bond acceptors (Lipinski definition) is 4. The number of methoxy groups -OCH3 is 1. The number of hydrogen-bond donors (Lipinski definition) is 2. The topological polar surface area (TPSA) is 58.1 Å². The maximum absolute atomic E-state index is 6.16. The molecule has 3 atom stereocenters. The van der Waals surface area contributed by atoms with Gasteiger partial charge in [-0.3, -0.25) is 9.89 Å². The number of benzene rings is 1. The molecule has 30 heavy (non-hydrogen) atoms. The molecule has 2 heterocycles. The Kier molecular flexibility index (Phi) is 11.4. The smallest absolute Gasteiger partial charge is 0.191 e. The molecule has 3 unspecified atom stereocenters. The third-order valence-electron chi connectivity index (χ3n) is 6.19. The molecule has 0 aliphatic carbocycles. The Balaban J connectivity index is 0.00000320. The predicted molar refractivity (Wildman–Crippen MR) is 134 cm³/mol. The Morgan fingerprint density at radius 1 is 1.17 bits per heavy atom. The second kappa shape index (κ2) is 13.5. The minimum atomic E-state index is 0. The van der Waals surface area contributed by atoms with Gasteiger partial charge in [-0.1, -0.05) is 29.8 Å². The molecule has 0 saturated carbocycles. The van der Waals surface area contributed by atoms with Crippen LogP contribution in [0, 0.1) is 12.8 Å². The fourth-order valence-electron chi connectivity index (χ4n) is 4.47. The summed E-state index contributed by atoms with van der Waals surface area (Å²) in [5.74, 6) is 1.34. The zero-order valence-electron chi connectivity index (χ0n) is 18.7. The van der Waals surface area contributed by atoms with Crippen molar-refractivity contribution in [2.45, 2.75) is 44.8 Å². The van der Waals surface area contributed by atoms with Crippen molar-refractivity contribution in [2.75, 3.05) is 53.6 Å². The van der Waals surface area contributed by atoms with E-state index >= 15 is 0 Å². The molecule has 2 N–H and O–H groups in total. The van der Waals surface area contributed by atoms with E-state index in [2.05, 4.69) is 51.7 Å². The summed E-state index contributed by atoms with van der Waals surface area (Å²) in [5.41, 5.74) is 2.57. The third kappa shape index (κ3) is 7.35. The van der Waals surface area contributed by atoms with Gasteiger partial charge < -0.3 is 20.1 Å². The van der Waals surface area contributed by atoms with Gasteiger partial charge in [0.2, 0.25) is 0 Å². The summed E-state index contributed by atoms with van der Waals surface area (Å²) in [5, 5.41) is 7.08. The summed E-state index contributed by atoms with van der Waals surface area (Å²) in [6, 6.07) is 9.33. The zero-order valence-corrected chi connectivity index (χ0v) is 21.1. The molecule has 0 amide bonds.